The summed E-state index contributed by atoms with van der Waals surface area (Å²) in [6.07, 6.45) is 1.74. The number of hydrogen-bond donors (Lipinski definition) is 2. The molecular formula is C16H20N2O3S. The van der Waals surface area contributed by atoms with Crippen molar-refractivity contribution in [3.63, 3.8) is 0 Å². The molecule has 1 amide bonds. The molecule has 0 bridgehead atoms. The SMILES string of the molecule is CC(C)(C)SCC(=O)Nc1ccc2c(ccn2CC(=O)O)c1. The smallest absolute Gasteiger partial charge is 0.323 e. The zero-order valence-electron chi connectivity index (χ0n) is 12.9. The van der Waals surface area contributed by atoms with Gasteiger partial charge in [0.05, 0.1) is 5.75 Å². The first-order valence-electron chi connectivity index (χ1n) is 6.99. The molecule has 0 aliphatic carbocycles. The number of rotatable bonds is 5. The minimum absolute atomic E-state index is 0.0377. The average Bonchev–Trinajstić information content (AvgIpc) is 2.77. The second-order valence-electron chi connectivity index (χ2n) is 6.06. The summed E-state index contributed by atoms with van der Waals surface area (Å²) in [5, 5.41) is 12.6. The van der Waals surface area contributed by atoms with E-state index in [2.05, 4.69) is 26.1 Å². The first kappa shape index (κ1) is 16.4. The number of fused-ring (bicyclic) bond motifs is 1. The van der Waals surface area contributed by atoms with Gasteiger partial charge in [0, 0.05) is 27.5 Å². The van der Waals surface area contributed by atoms with E-state index in [1.165, 1.54) is 0 Å². The van der Waals surface area contributed by atoms with E-state index in [1.54, 1.807) is 28.6 Å². The topological polar surface area (TPSA) is 71.3 Å². The van der Waals surface area contributed by atoms with Crippen LogP contribution in [-0.4, -0.2) is 32.0 Å². The van der Waals surface area contributed by atoms with Crippen molar-refractivity contribution < 1.29 is 14.7 Å². The molecule has 0 saturated carbocycles. The van der Waals surface area contributed by atoms with Crippen LogP contribution in [0.3, 0.4) is 0 Å². The van der Waals surface area contributed by atoms with E-state index in [0.717, 1.165) is 16.6 Å². The minimum Gasteiger partial charge on any atom is -0.480 e. The molecular weight excluding hydrogens is 300 g/mol. The van der Waals surface area contributed by atoms with Gasteiger partial charge in [0.25, 0.3) is 0 Å². The van der Waals surface area contributed by atoms with Crippen LogP contribution in [0.4, 0.5) is 5.69 Å². The number of carboxylic acids is 1. The molecule has 0 aliphatic rings. The highest BCUT2D eigenvalue weighted by Gasteiger charge is 2.13. The Morgan fingerprint density at radius 3 is 2.64 bits per heavy atom. The third kappa shape index (κ3) is 4.53. The van der Waals surface area contributed by atoms with Crippen LogP contribution < -0.4 is 5.32 Å². The fourth-order valence-corrected chi connectivity index (χ4v) is 2.68. The van der Waals surface area contributed by atoms with Crippen LogP contribution in [0.15, 0.2) is 30.5 Å². The van der Waals surface area contributed by atoms with Crippen LogP contribution in [0, 0.1) is 0 Å². The quantitative estimate of drug-likeness (QED) is 0.887. The molecule has 0 radical (unpaired) electrons. The molecule has 6 heteroatoms. The van der Waals surface area contributed by atoms with Gasteiger partial charge in [-0.15, -0.1) is 11.8 Å². The van der Waals surface area contributed by atoms with Gasteiger partial charge in [-0.05, 0) is 24.3 Å². The van der Waals surface area contributed by atoms with Crippen LogP contribution in [-0.2, 0) is 16.1 Å². The van der Waals surface area contributed by atoms with E-state index in [4.69, 9.17) is 5.11 Å². The van der Waals surface area contributed by atoms with Crippen molar-refractivity contribution in [1.82, 2.24) is 4.57 Å². The fourth-order valence-electron chi connectivity index (χ4n) is 2.04. The maximum absolute atomic E-state index is 11.9. The molecule has 2 N–H and O–H groups in total. The van der Waals surface area contributed by atoms with Gasteiger partial charge in [-0.25, -0.2) is 0 Å². The number of carbonyl (C=O) groups is 2. The summed E-state index contributed by atoms with van der Waals surface area (Å²) < 4.78 is 1.72. The summed E-state index contributed by atoms with van der Waals surface area (Å²) in [7, 11) is 0. The van der Waals surface area contributed by atoms with Gasteiger partial charge in [-0.2, -0.15) is 0 Å². The first-order valence-corrected chi connectivity index (χ1v) is 7.98. The number of benzene rings is 1. The number of thioether (sulfide) groups is 1. The monoisotopic (exact) mass is 320 g/mol. The van der Waals surface area contributed by atoms with Crippen molar-refractivity contribution >= 4 is 40.2 Å². The lowest BCUT2D eigenvalue weighted by molar-refractivity contribution is -0.137. The molecule has 2 rings (SSSR count). The van der Waals surface area contributed by atoms with Gasteiger partial charge in [0.1, 0.15) is 6.54 Å². The zero-order chi connectivity index (χ0) is 16.3. The number of aliphatic carboxylic acids is 1. The van der Waals surface area contributed by atoms with E-state index in [-0.39, 0.29) is 17.2 Å². The van der Waals surface area contributed by atoms with E-state index in [1.807, 2.05) is 18.2 Å². The van der Waals surface area contributed by atoms with Crippen LogP contribution in [0.2, 0.25) is 0 Å². The Hall–Kier alpha value is -1.95. The van der Waals surface area contributed by atoms with Crippen molar-refractivity contribution in [3.8, 4) is 0 Å². The van der Waals surface area contributed by atoms with Crippen LogP contribution >= 0.6 is 11.8 Å². The molecule has 0 atom stereocenters. The van der Waals surface area contributed by atoms with Crippen LogP contribution in [0.1, 0.15) is 20.8 Å². The number of amides is 1. The molecule has 0 spiro atoms. The predicted octanol–water partition coefficient (Wildman–Crippen LogP) is 3.20. The average molecular weight is 320 g/mol. The van der Waals surface area contributed by atoms with Crippen molar-refractivity contribution in [2.75, 3.05) is 11.1 Å². The van der Waals surface area contributed by atoms with Gasteiger partial charge >= 0.3 is 5.97 Å². The number of anilines is 1. The normalized spacial score (nSPS) is 11.6. The van der Waals surface area contributed by atoms with Crippen molar-refractivity contribution in [2.24, 2.45) is 0 Å². The highest BCUT2D eigenvalue weighted by molar-refractivity contribution is 8.01. The standard InChI is InChI=1S/C16H20N2O3S/c1-16(2,3)22-10-14(19)17-12-4-5-13-11(8-12)6-7-18(13)9-15(20)21/h4-8H,9-10H2,1-3H3,(H,17,19)(H,20,21). The van der Waals surface area contributed by atoms with Gasteiger partial charge in [0.2, 0.25) is 5.91 Å². The maximum atomic E-state index is 11.9. The summed E-state index contributed by atoms with van der Waals surface area (Å²) in [6, 6.07) is 7.32. The van der Waals surface area contributed by atoms with Gasteiger partial charge in [0.15, 0.2) is 0 Å². The number of carboxylic acid groups (broad SMARTS) is 1. The predicted molar refractivity (Wildman–Crippen MR) is 90.4 cm³/mol. The lowest BCUT2D eigenvalue weighted by Gasteiger charge is -2.17. The number of nitrogens with one attached hydrogen (secondary N) is 1. The van der Waals surface area contributed by atoms with E-state index >= 15 is 0 Å². The highest BCUT2D eigenvalue weighted by Crippen LogP contribution is 2.24. The zero-order valence-corrected chi connectivity index (χ0v) is 13.7. The molecule has 1 heterocycles. The molecule has 2 aromatic rings. The lowest BCUT2D eigenvalue weighted by Crippen LogP contribution is -2.18. The maximum Gasteiger partial charge on any atom is 0.323 e. The Bertz CT molecular complexity index is 701. The molecule has 0 aliphatic heterocycles. The molecule has 1 aromatic carbocycles. The van der Waals surface area contributed by atoms with Crippen LogP contribution in [0.5, 0.6) is 0 Å². The minimum atomic E-state index is -0.880. The molecule has 1 aromatic heterocycles. The summed E-state index contributed by atoms with van der Waals surface area (Å²) >= 11 is 1.59. The third-order valence-electron chi connectivity index (χ3n) is 3.00. The summed E-state index contributed by atoms with van der Waals surface area (Å²) in [6.45, 7) is 6.14. The van der Waals surface area contributed by atoms with Crippen LogP contribution in [0.25, 0.3) is 10.9 Å². The fraction of sp³-hybridized carbons (Fsp3) is 0.375. The third-order valence-corrected chi connectivity index (χ3v) is 4.27. The molecule has 0 unspecified atom stereocenters. The van der Waals surface area contributed by atoms with Crippen molar-refractivity contribution in [1.29, 1.82) is 0 Å². The van der Waals surface area contributed by atoms with E-state index < -0.39 is 5.97 Å². The molecule has 0 fully saturated rings. The summed E-state index contributed by atoms with van der Waals surface area (Å²) in [4.78, 5) is 22.7. The number of hydrogen-bond acceptors (Lipinski definition) is 3. The molecule has 118 valence electrons. The van der Waals surface area contributed by atoms with Crippen molar-refractivity contribution in [2.45, 2.75) is 32.1 Å². The molecule has 22 heavy (non-hydrogen) atoms. The second-order valence-corrected chi connectivity index (χ2v) is 7.86. The number of aromatic nitrogens is 1. The Morgan fingerprint density at radius 1 is 1.27 bits per heavy atom. The summed E-state index contributed by atoms with van der Waals surface area (Å²) in [5.74, 6) is -0.514. The van der Waals surface area contributed by atoms with Gasteiger partial charge in [-0.1, -0.05) is 20.8 Å². The first-order chi connectivity index (χ1) is 10.2. The van der Waals surface area contributed by atoms with Crippen molar-refractivity contribution in [3.05, 3.63) is 30.5 Å². The highest BCUT2D eigenvalue weighted by atomic mass is 32.2. The summed E-state index contributed by atoms with van der Waals surface area (Å²) in [5.41, 5.74) is 1.56. The van der Waals surface area contributed by atoms with Gasteiger partial charge < -0.3 is 15.0 Å². The molecule has 0 saturated heterocycles. The van der Waals surface area contributed by atoms with Gasteiger partial charge in [-0.3, -0.25) is 9.59 Å². The second kappa shape index (κ2) is 6.44. The Labute approximate surface area is 133 Å². The number of nitrogens with zero attached hydrogens (tertiary/aromatic N) is 1. The van der Waals surface area contributed by atoms with E-state index in [9.17, 15) is 9.59 Å². The molecule has 5 nitrogen and oxygen atoms in total. The largest absolute Gasteiger partial charge is 0.480 e. The Balaban J connectivity index is 2.07. The van der Waals surface area contributed by atoms with E-state index in [0.29, 0.717) is 5.75 Å². The lowest BCUT2D eigenvalue weighted by atomic mass is 10.2. The number of carbonyl (C=O) groups excluding carboxylic acids is 1. The Morgan fingerprint density at radius 2 is 2.00 bits per heavy atom. The Kier molecular flexibility index (Phi) is 4.81.